The minimum absolute atomic E-state index is 0.0152. The van der Waals surface area contributed by atoms with E-state index in [4.69, 9.17) is 16.9 Å². The van der Waals surface area contributed by atoms with Crippen LogP contribution in [0.3, 0.4) is 0 Å². The number of sulfone groups is 1. The summed E-state index contributed by atoms with van der Waals surface area (Å²) in [6, 6.07) is 5.26. The molecule has 2 aromatic rings. The van der Waals surface area contributed by atoms with Crippen molar-refractivity contribution in [3.63, 3.8) is 0 Å². The molecule has 1 aromatic carbocycles. The van der Waals surface area contributed by atoms with Crippen molar-refractivity contribution in [2.75, 3.05) is 11.1 Å². The molecule has 0 spiro atoms. The van der Waals surface area contributed by atoms with Crippen LogP contribution in [0.2, 0.25) is 5.02 Å². The highest BCUT2D eigenvalue weighted by Gasteiger charge is 2.30. The van der Waals surface area contributed by atoms with E-state index in [0.29, 0.717) is 0 Å². The van der Waals surface area contributed by atoms with Crippen molar-refractivity contribution in [3.05, 3.63) is 46.5 Å². The lowest BCUT2D eigenvalue weighted by Gasteiger charge is -2.09. The Morgan fingerprint density at radius 2 is 2.07 bits per heavy atom. The number of anilines is 1. The van der Waals surface area contributed by atoms with Crippen LogP contribution in [0.5, 0.6) is 0 Å². The van der Waals surface area contributed by atoms with Gasteiger partial charge in [-0.15, -0.1) is 0 Å². The Hall–Kier alpha value is -2.37. The van der Waals surface area contributed by atoms with Crippen LogP contribution in [0.4, 0.5) is 10.1 Å². The monoisotopic (exact) mass is 423 g/mol. The maximum atomic E-state index is 13.4. The third kappa shape index (κ3) is 4.05. The zero-order valence-corrected chi connectivity index (χ0v) is 16.8. The van der Waals surface area contributed by atoms with Crippen LogP contribution in [0.1, 0.15) is 41.7 Å². The molecule has 28 heavy (non-hydrogen) atoms. The molecule has 1 fully saturated rings. The molecular weight excluding hydrogens is 405 g/mol. The zero-order valence-electron chi connectivity index (χ0n) is 15.2. The Morgan fingerprint density at radius 3 is 2.71 bits per heavy atom. The highest BCUT2D eigenvalue weighted by molar-refractivity contribution is 7.91. The molecule has 0 atom stereocenters. The van der Waals surface area contributed by atoms with Crippen molar-refractivity contribution in [1.29, 1.82) is 5.26 Å². The number of rotatable bonds is 5. The zero-order chi connectivity index (χ0) is 20.5. The topological polar surface area (TPSA) is 92.0 Å². The van der Waals surface area contributed by atoms with E-state index in [0.717, 1.165) is 31.7 Å². The summed E-state index contributed by atoms with van der Waals surface area (Å²) in [5, 5.41) is 11.3. The van der Waals surface area contributed by atoms with E-state index in [2.05, 4.69) is 5.32 Å². The SMILES string of the molecule is Cn1cc(S(=O)(=O)CC2CCCC2)c(Cl)c1C(=O)Nc1ccc(F)c(C#N)c1. The minimum Gasteiger partial charge on any atom is -0.344 e. The van der Waals surface area contributed by atoms with Gasteiger partial charge in [-0.2, -0.15) is 5.26 Å². The lowest BCUT2D eigenvalue weighted by molar-refractivity contribution is 0.101. The number of nitrogens with zero attached hydrogens (tertiary/aromatic N) is 2. The quantitative estimate of drug-likeness (QED) is 0.789. The predicted octanol–water partition coefficient (Wildman–Crippen LogP) is 3.91. The van der Waals surface area contributed by atoms with Crippen molar-refractivity contribution >= 4 is 33.0 Å². The van der Waals surface area contributed by atoms with Crippen LogP contribution < -0.4 is 5.32 Å². The lowest BCUT2D eigenvalue weighted by atomic mass is 10.1. The number of halogens is 2. The van der Waals surface area contributed by atoms with Crippen molar-refractivity contribution in [1.82, 2.24) is 4.57 Å². The van der Waals surface area contributed by atoms with Gasteiger partial charge in [0.1, 0.15) is 22.5 Å². The summed E-state index contributed by atoms with van der Waals surface area (Å²) < 4.78 is 40.3. The number of aromatic nitrogens is 1. The van der Waals surface area contributed by atoms with Gasteiger partial charge in [-0.05, 0) is 37.0 Å². The van der Waals surface area contributed by atoms with Gasteiger partial charge in [-0.25, -0.2) is 12.8 Å². The van der Waals surface area contributed by atoms with Crippen molar-refractivity contribution in [2.45, 2.75) is 30.6 Å². The minimum atomic E-state index is -3.62. The lowest BCUT2D eigenvalue weighted by Crippen LogP contribution is -2.16. The van der Waals surface area contributed by atoms with Crippen molar-refractivity contribution in [2.24, 2.45) is 13.0 Å². The Balaban J connectivity index is 1.87. The molecule has 1 amide bonds. The van der Waals surface area contributed by atoms with Crippen LogP contribution in [-0.4, -0.2) is 24.6 Å². The number of benzene rings is 1. The average Bonchev–Trinajstić information content (AvgIpc) is 3.23. The summed E-state index contributed by atoms with van der Waals surface area (Å²) in [4.78, 5) is 12.6. The van der Waals surface area contributed by atoms with E-state index in [1.807, 2.05) is 0 Å². The molecule has 1 aromatic heterocycles. The number of nitriles is 1. The van der Waals surface area contributed by atoms with E-state index in [-0.39, 0.29) is 38.5 Å². The summed E-state index contributed by atoms with van der Waals surface area (Å²) in [6.45, 7) is 0. The van der Waals surface area contributed by atoms with Gasteiger partial charge in [0, 0.05) is 18.9 Å². The number of nitrogens with one attached hydrogen (secondary N) is 1. The number of hydrogen-bond donors (Lipinski definition) is 1. The van der Waals surface area contributed by atoms with Gasteiger partial charge < -0.3 is 9.88 Å². The first-order chi connectivity index (χ1) is 13.2. The maximum absolute atomic E-state index is 13.4. The number of carbonyl (C=O) groups excluding carboxylic acids is 1. The average molecular weight is 424 g/mol. The largest absolute Gasteiger partial charge is 0.344 e. The van der Waals surface area contributed by atoms with Gasteiger partial charge in [0.15, 0.2) is 9.84 Å². The molecule has 1 heterocycles. The Kier molecular flexibility index (Phi) is 5.77. The van der Waals surface area contributed by atoms with Gasteiger partial charge >= 0.3 is 0 Å². The van der Waals surface area contributed by atoms with Gasteiger partial charge in [0.25, 0.3) is 5.91 Å². The number of hydrogen-bond acceptors (Lipinski definition) is 4. The van der Waals surface area contributed by atoms with Crippen molar-refractivity contribution < 1.29 is 17.6 Å². The Morgan fingerprint density at radius 1 is 1.39 bits per heavy atom. The smallest absolute Gasteiger partial charge is 0.273 e. The third-order valence-electron chi connectivity index (χ3n) is 4.91. The number of carbonyl (C=O) groups is 1. The van der Waals surface area contributed by atoms with Gasteiger partial charge in [0.05, 0.1) is 16.3 Å². The van der Waals surface area contributed by atoms with Gasteiger partial charge in [0.2, 0.25) is 0 Å². The number of aryl methyl sites for hydroxylation is 1. The highest BCUT2D eigenvalue weighted by Crippen LogP contribution is 2.33. The molecule has 0 aliphatic heterocycles. The fourth-order valence-corrected chi connectivity index (χ4v) is 5.94. The van der Waals surface area contributed by atoms with Crippen LogP contribution >= 0.6 is 11.6 Å². The van der Waals surface area contributed by atoms with E-state index in [9.17, 15) is 17.6 Å². The first-order valence-electron chi connectivity index (χ1n) is 8.81. The molecule has 1 saturated carbocycles. The van der Waals surface area contributed by atoms with Crippen molar-refractivity contribution in [3.8, 4) is 6.07 Å². The normalized spacial score (nSPS) is 14.8. The third-order valence-corrected chi connectivity index (χ3v) is 7.30. The summed E-state index contributed by atoms with van der Waals surface area (Å²) in [5.41, 5.74) is -0.0271. The summed E-state index contributed by atoms with van der Waals surface area (Å²) in [6.07, 6.45) is 5.15. The van der Waals surface area contributed by atoms with Crippen LogP contribution in [0.25, 0.3) is 0 Å². The summed E-state index contributed by atoms with van der Waals surface area (Å²) in [7, 11) is -2.10. The molecule has 3 rings (SSSR count). The summed E-state index contributed by atoms with van der Waals surface area (Å²) >= 11 is 6.27. The van der Waals surface area contributed by atoms with E-state index in [1.165, 1.54) is 29.9 Å². The molecule has 148 valence electrons. The van der Waals surface area contributed by atoms with Crippen LogP contribution in [-0.2, 0) is 16.9 Å². The highest BCUT2D eigenvalue weighted by atomic mass is 35.5. The molecule has 0 saturated heterocycles. The second kappa shape index (κ2) is 7.94. The van der Waals surface area contributed by atoms with Gasteiger partial charge in [-0.3, -0.25) is 4.79 Å². The molecule has 1 N–H and O–H groups in total. The Bertz CT molecular complexity index is 1070. The fraction of sp³-hybridized carbons (Fsp3) is 0.368. The van der Waals surface area contributed by atoms with E-state index >= 15 is 0 Å². The predicted molar refractivity (Wildman–Crippen MR) is 104 cm³/mol. The maximum Gasteiger partial charge on any atom is 0.273 e. The van der Waals surface area contributed by atoms with Gasteiger partial charge in [-0.1, -0.05) is 24.4 Å². The molecule has 9 heteroatoms. The molecule has 1 aliphatic rings. The molecule has 0 unspecified atom stereocenters. The van der Waals surface area contributed by atoms with E-state index < -0.39 is 21.6 Å². The second-order valence-electron chi connectivity index (χ2n) is 6.96. The first kappa shape index (κ1) is 20.4. The molecular formula is C19H19ClFN3O3S. The molecule has 6 nitrogen and oxygen atoms in total. The molecule has 0 bridgehead atoms. The number of amides is 1. The summed E-state index contributed by atoms with van der Waals surface area (Å²) in [5.74, 6) is -1.22. The first-order valence-corrected chi connectivity index (χ1v) is 10.8. The molecule has 1 aliphatic carbocycles. The standard InChI is InChI=1S/C19H19ClFN3O3S/c1-24-10-16(28(26,27)11-12-4-2-3-5-12)17(20)18(24)19(25)23-14-6-7-15(21)13(8-14)9-22/h6-8,10,12H,2-5,11H2,1H3,(H,23,25). The van der Waals surface area contributed by atoms with Crippen LogP contribution in [0, 0.1) is 23.1 Å². The second-order valence-corrected chi connectivity index (χ2v) is 9.34. The van der Waals surface area contributed by atoms with Crippen LogP contribution in [0.15, 0.2) is 29.3 Å². The fourth-order valence-electron chi connectivity index (χ4n) is 3.50. The van der Waals surface area contributed by atoms with E-state index in [1.54, 1.807) is 6.07 Å². The Labute approximate surface area is 167 Å². The molecule has 0 radical (unpaired) electrons.